The highest BCUT2D eigenvalue weighted by Crippen LogP contribution is 2.30. The highest BCUT2D eigenvalue weighted by molar-refractivity contribution is 7.86. The highest BCUT2D eigenvalue weighted by atomic mass is 32.2. The zero-order chi connectivity index (χ0) is 11.7. The average molecular weight is 235 g/mol. The molecular formula is C9H21N3O2S. The molecule has 1 fully saturated rings. The predicted molar refractivity (Wildman–Crippen MR) is 60.6 cm³/mol. The second-order valence-corrected chi connectivity index (χ2v) is 6.59. The monoisotopic (exact) mass is 235 g/mol. The van der Waals surface area contributed by atoms with Crippen LogP contribution in [0, 0.1) is 0 Å². The van der Waals surface area contributed by atoms with Crippen LogP contribution < -0.4 is 5.73 Å². The number of nitrogens with two attached hydrogens (primary N) is 1. The standard InChI is InChI=1S/C9H21N3O2S/c1-9(8-10)6-4-5-7-12(9)15(13,14)11(2)3/h4-8,10H2,1-3H3. The van der Waals surface area contributed by atoms with Crippen molar-refractivity contribution in [2.24, 2.45) is 5.73 Å². The number of hydrogen-bond donors (Lipinski definition) is 1. The van der Waals surface area contributed by atoms with Crippen molar-refractivity contribution in [3.63, 3.8) is 0 Å². The van der Waals surface area contributed by atoms with Crippen molar-refractivity contribution in [3.8, 4) is 0 Å². The summed E-state index contributed by atoms with van der Waals surface area (Å²) in [6, 6.07) is 0. The molecule has 5 nitrogen and oxygen atoms in total. The Bertz CT molecular complexity index is 315. The predicted octanol–water partition coefficient (Wildman–Crippen LogP) is -0.00390. The SMILES string of the molecule is CN(C)S(=O)(=O)N1CCCCC1(C)CN. The number of nitrogens with zero attached hydrogens (tertiary/aromatic N) is 2. The Hall–Kier alpha value is -0.170. The Balaban J connectivity index is 3.01. The molecule has 0 aromatic heterocycles. The van der Waals surface area contributed by atoms with Crippen molar-refractivity contribution in [1.82, 2.24) is 8.61 Å². The summed E-state index contributed by atoms with van der Waals surface area (Å²) in [5, 5.41) is 0. The topological polar surface area (TPSA) is 66.6 Å². The fraction of sp³-hybridized carbons (Fsp3) is 1.00. The lowest BCUT2D eigenvalue weighted by atomic mass is 9.91. The van der Waals surface area contributed by atoms with Crippen LogP contribution in [0.4, 0.5) is 0 Å². The van der Waals surface area contributed by atoms with Crippen molar-refractivity contribution < 1.29 is 8.42 Å². The summed E-state index contributed by atoms with van der Waals surface area (Å²) in [6.07, 6.45) is 2.81. The van der Waals surface area contributed by atoms with Crippen LogP contribution in [-0.2, 0) is 10.2 Å². The molecule has 2 N–H and O–H groups in total. The van der Waals surface area contributed by atoms with E-state index in [1.807, 2.05) is 6.92 Å². The normalized spacial score (nSPS) is 29.7. The number of piperidine rings is 1. The molecule has 90 valence electrons. The first-order chi connectivity index (χ1) is 6.84. The highest BCUT2D eigenvalue weighted by Gasteiger charge is 2.41. The lowest BCUT2D eigenvalue weighted by Crippen LogP contribution is -2.59. The van der Waals surface area contributed by atoms with Crippen LogP contribution >= 0.6 is 0 Å². The maximum absolute atomic E-state index is 12.1. The molecule has 1 saturated heterocycles. The largest absolute Gasteiger partial charge is 0.329 e. The molecule has 1 aliphatic heterocycles. The van der Waals surface area contributed by atoms with Crippen LogP contribution in [0.25, 0.3) is 0 Å². The Labute approximate surface area is 92.4 Å². The molecule has 0 bridgehead atoms. The average Bonchev–Trinajstić information content (AvgIpc) is 2.18. The van der Waals surface area contributed by atoms with Gasteiger partial charge in [-0.2, -0.15) is 17.0 Å². The minimum absolute atomic E-state index is 0.375. The van der Waals surface area contributed by atoms with Crippen LogP contribution in [0.3, 0.4) is 0 Å². The first kappa shape index (κ1) is 12.9. The van der Waals surface area contributed by atoms with Crippen LogP contribution in [0.15, 0.2) is 0 Å². The van der Waals surface area contributed by atoms with Gasteiger partial charge in [0.15, 0.2) is 0 Å². The van der Waals surface area contributed by atoms with E-state index in [-0.39, 0.29) is 0 Å². The van der Waals surface area contributed by atoms with Gasteiger partial charge in [0.05, 0.1) is 0 Å². The summed E-state index contributed by atoms with van der Waals surface area (Å²) in [7, 11) is -0.220. The van der Waals surface area contributed by atoms with Crippen molar-refractivity contribution in [3.05, 3.63) is 0 Å². The zero-order valence-corrected chi connectivity index (χ0v) is 10.5. The molecule has 6 heteroatoms. The summed E-state index contributed by atoms with van der Waals surface area (Å²) < 4.78 is 26.9. The molecule has 0 aromatic carbocycles. The van der Waals surface area contributed by atoms with E-state index < -0.39 is 15.7 Å². The molecule has 1 rings (SSSR count). The van der Waals surface area contributed by atoms with Gasteiger partial charge in [-0.05, 0) is 19.8 Å². The third-order valence-corrected chi connectivity index (χ3v) is 5.21. The van der Waals surface area contributed by atoms with E-state index in [9.17, 15) is 8.42 Å². The quantitative estimate of drug-likeness (QED) is 0.748. The lowest BCUT2D eigenvalue weighted by molar-refractivity contribution is 0.150. The van der Waals surface area contributed by atoms with E-state index >= 15 is 0 Å². The third-order valence-electron chi connectivity index (χ3n) is 3.11. The van der Waals surface area contributed by atoms with E-state index in [2.05, 4.69) is 0 Å². The number of rotatable bonds is 3. The Morgan fingerprint density at radius 3 is 2.47 bits per heavy atom. The molecule has 1 atom stereocenters. The molecule has 0 spiro atoms. The summed E-state index contributed by atoms with van der Waals surface area (Å²) in [5.74, 6) is 0. The second kappa shape index (κ2) is 4.37. The van der Waals surface area contributed by atoms with Gasteiger partial charge in [0.25, 0.3) is 10.2 Å². The first-order valence-corrected chi connectivity index (χ1v) is 6.65. The van der Waals surface area contributed by atoms with Crippen molar-refractivity contribution >= 4 is 10.2 Å². The lowest BCUT2D eigenvalue weighted by Gasteiger charge is -2.43. The van der Waals surface area contributed by atoms with E-state index in [0.29, 0.717) is 13.1 Å². The maximum Gasteiger partial charge on any atom is 0.282 e. The molecule has 1 aliphatic rings. The molecule has 0 aliphatic carbocycles. The summed E-state index contributed by atoms with van der Waals surface area (Å²) >= 11 is 0. The maximum atomic E-state index is 12.1. The Kier molecular flexibility index (Phi) is 3.76. The minimum Gasteiger partial charge on any atom is -0.329 e. The van der Waals surface area contributed by atoms with Gasteiger partial charge < -0.3 is 5.73 Å². The summed E-state index contributed by atoms with van der Waals surface area (Å²) in [4.78, 5) is 0. The first-order valence-electron chi connectivity index (χ1n) is 5.25. The van der Waals surface area contributed by atoms with Crippen molar-refractivity contribution in [1.29, 1.82) is 0 Å². The number of hydrogen-bond acceptors (Lipinski definition) is 3. The molecule has 0 amide bonds. The van der Waals surface area contributed by atoms with E-state index in [1.165, 1.54) is 4.31 Å². The van der Waals surface area contributed by atoms with E-state index in [0.717, 1.165) is 19.3 Å². The molecule has 15 heavy (non-hydrogen) atoms. The van der Waals surface area contributed by atoms with Gasteiger partial charge in [0, 0.05) is 32.7 Å². The molecular weight excluding hydrogens is 214 g/mol. The summed E-state index contributed by atoms with van der Waals surface area (Å²) in [6.45, 7) is 2.88. The van der Waals surface area contributed by atoms with Crippen LogP contribution in [0.2, 0.25) is 0 Å². The second-order valence-electron chi connectivity index (χ2n) is 4.52. The van der Waals surface area contributed by atoms with Crippen LogP contribution in [-0.4, -0.2) is 49.8 Å². The van der Waals surface area contributed by atoms with E-state index in [1.54, 1.807) is 18.4 Å². The third kappa shape index (κ3) is 2.33. The molecule has 0 radical (unpaired) electrons. The molecule has 0 aromatic rings. The Morgan fingerprint density at radius 1 is 1.40 bits per heavy atom. The van der Waals surface area contributed by atoms with Gasteiger partial charge in [0.2, 0.25) is 0 Å². The van der Waals surface area contributed by atoms with Crippen molar-refractivity contribution in [2.45, 2.75) is 31.7 Å². The minimum atomic E-state index is -3.33. The molecule has 1 unspecified atom stereocenters. The zero-order valence-electron chi connectivity index (χ0n) is 9.73. The van der Waals surface area contributed by atoms with Gasteiger partial charge in [-0.15, -0.1) is 0 Å². The van der Waals surface area contributed by atoms with Gasteiger partial charge in [-0.3, -0.25) is 0 Å². The smallest absolute Gasteiger partial charge is 0.282 e. The van der Waals surface area contributed by atoms with Gasteiger partial charge in [-0.1, -0.05) is 6.42 Å². The van der Waals surface area contributed by atoms with E-state index in [4.69, 9.17) is 5.73 Å². The van der Waals surface area contributed by atoms with Crippen LogP contribution in [0.1, 0.15) is 26.2 Å². The van der Waals surface area contributed by atoms with Gasteiger partial charge >= 0.3 is 0 Å². The summed E-state index contributed by atoms with van der Waals surface area (Å²) in [5.41, 5.74) is 5.28. The fourth-order valence-electron chi connectivity index (χ4n) is 1.95. The molecule has 0 saturated carbocycles. The molecule has 1 heterocycles. The Morgan fingerprint density at radius 2 is 2.00 bits per heavy atom. The van der Waals surface area contributed by atoms with Gasteiger partial charge in [-0.25, -0.2) is 0 Å². The van der Waals surface area contributed by atoms with Gasteiger partial charge in [0.1, 0.15) is 0 Å². The van der Waals surface area contributed by atoms with Crippen molar-refractivity contribution in [2.75, 3.05) is 27.2 Å². The fourth-order valence-corrected chi connectivity index (χ4v) is 3.43. The van der Waals surface area contributed by atoms with Crippen LogP contribution in [0.5, 0.6) is 0 Å².